The number of hydrogen-bond donors (Lipinski definition) is 2. The Morgan fingerprint density at radius 3 is 2.41 bits per heavy atom. The average Bonchev–Trinajstić information content (AvgIpc) is 2.63. The summed E-state index contributed by atoms with van der Waals surface area (Å²) in [5.41, 5.74) is 3.25. The van der Waals surface area contributed by atoms with Gasteiger partial charge in [0.25, 0.3) is 0 Å². The fourth-order valence-corrected chi connectivity index (χ4v) is 2.65. The Labute approximate surface area is 165 Å². The number of carbonyl (C=O) groups is 2. The van der Waals surface area contributed by atoms with Crippen molar-refractivity contribution < 1.29 is 9.59 Å². The van der Waals surface area contributed by atoms with Gasteiger partial charge in [-0.2, -0.15) is 0 Å². The van der Waals surface area contributed by atoms with E-state index in [1.807, 2.05) is 19.1 Å². The number of hydrogen-bond acceptors (Lipinski definition) is 2. The molecule has 0 saturated heterocycles. The maximum atomic E-state index is 12.2. The summed E-state index contributed by atoms with van der Waals surface area (Å²) in [6.45, 7) is 6.22. The normalized spacial score (nSPS) is 11.0. The zero-order valence-electron chi connectivity index (χ0n) is 15.9. The molecule has 0 atom stereocenters. The van der Waals surface area contributed by atoms with Crippen LogP contribution in [0.4, 0.5) is 11.4 Å². The van der Waals surface area contributed by atoms with Crippen molar-refractivity contribution >= 4 is 40.9 Å². The Morgan fingerprint density at radius 1 is 1.07 bits per heavy atom. The van der Waals surface area contributed by atoms with Gasteiger partial charge in [0.15, 0.2) is 0 Å². The van der Waals surface area contributed by atoms with Crippen molar-refractivity contribution in [3.8, 4) is 0 Å². The second-order valence-corrected chi connectivity index (χ2v) is 7.04. The van der Waals surface area contributed by atoms with Gasteiger partial charge in [-0.3, -0.25) is 9.59 Å². The van der Waals surface area contributed by atoms with Crippen LogP contribution in [0, 0.1) is 0 Å². The van der Waals surface area contributed by atoms with Crippen LogP contribution in [0.2, 0.25) is 5.02 Å². The fraction of sp³-hybridized carbons (Fsp3) is 0.273. The van der Waals surface area contributed by atoms with Crippen molar-refractivity contribution in [2.45, 2.75) is 39.5 Å². The number of halogens is 1. The van der Waals surface area contributed by atoms with E-state index in [9.17, 15) is 9.59 Å². The SMILES string of the molecule is CCCC(=O)Nc1ccc(Cl)c(NC(=O)/C=C\c2ccc(C(C)C)cc2)c1. The summed E-state index contributed by atoms with van der Waals surface area (Å²) in [5.74, 6) is 0.113. The minimum Gasteiger partial charge on any atom is -0.326 e. The first kappa shape index (κ1) is 20.7. The van der Waals surface area contributed by atoms with Crippen molar-refractivity contribution in [3.63, 3.8) is 0 Å². The van der Waals surface area contributed by atoms with Gasteiger partial charge in [0.05, 0.1) is 10.7 Å². The molecular formula is C22H25ClN2O2. The number of benzene rings is 2. The van der Waals surface area contributed by atoms with E-state index in [1.165, 1.54) is 11.6 Å². The molecule has 5 heteroatoms. The number of nitrogens with one attached hydrogen (secondary N) is 2. The lowest BCUT2D eigenvalue weighted by atomic mass is 10.0. The molecule has 4 nitrogen and oxygen atoms in total. The lowest BCUT2D eigenvalue weighted by Gasteiger charge is -2.09. The molecule has 0 unspecified atom stereocenters. The third-order valence-corrected chi connectivity index (χ3v) is 4.34. The van der Waals surface area contributed by atoms with Crippen LogP contribution >= 0.6 is 11.6 Å². The van der Waals surface area contributed by atoms with E-state index in [0.29, 0.717) is 28.7 Å². The minimum absolute atomic E-state index is 0.0677. The second kappa shape index (κ2) is 9.93. The van der Waals surface area contributed by atoms with Gasteiger partial charge in [-0.1, -0.05) is 56.6 Å². The van der Waals surface area contributed by atoms with Crippen molar-refractivity contribution in [2.24, 2.45) is 0 Å². The maximum absolute atomic E-state index is 12.2. The quantitative estimate of drug-likeness (QED) is 0.588. The first-order valence-corrected chi connectivity index (χ1v) is 9.45. The lowest BCUT2D eigenvalue weighted by molar-refractivity contribution is -0.116. The molecule has 0 fully saturated rings. The van der Waals surface area contributed by atoms with E-state index < -0.39 is 0 Å². The number of anilines is 2. The van der Waals surface area contributed by atoms with Crippen LogP contribution < -0.4 is 10.6 Å². The topological polar surface area (TPSA) is 58.2 Å². The summed E-state index contributed by atoms with van der Waals surface area (Å²) in [6.07, 6.45) is 4.43. The molecule has 0 saturated carbocycles. The summed E-state index contributed by atoms with van der Waals surface area (Å²) >= 11 is 6.15. The van der Waals surface area contributed by atoms with E-state index in [4.69, 9.17) is 11.6 Å². The molecule has 2 amide bonds. The maximum Gasteiger partial charge on any atom is 0.248 e. The van der Waals surface area contributed by atoms with Crippen LogP contribution in [-0.4, -0.2) is 11.8 Å². The van der Waals surface area contributed by atoms with Crippen LogP contribution in [0.5, 0.6) is 0 Å². The summed E-state index contributed by atoms with van der Waals surface area (Å²) < 4.78 is 0. The Bertz CT molecular complexity index is 827. The van der Waals surface area contributed by atoms with Crippen LogP contribution in [-0.2, 0) is 9.59 Å². The molecule has 2 rings (SSSR count). The van der Waals surface area contributed by atoms with Gasteiger partial charge in [0.1, 0.15) is 0 Å². The molecule has 0 spiro atoms. The molecule has 27 heavy (non-hydrogen) atoms. The third kappa shape index (κ3) is 6.57. The van der Waals surface area contributed by atoms with Crippen LogP contribution in [0.3, 0.4) is 0 Å². The molecule has 0 aliphatic carbocycles. The Balaban J connectivity index is 2.02. The molecule has 142 valence electrons. The highest BCUT2D eigenvalue weighted by atomic mass is 35.5. The third-order valence-electron chi connectivity index (χ3n) is 4.02. The highest BCUT2D eigenvalue weighted by molar-refractivity contribution is 6.34. The van der Waals surface area contributed by atoms with Gasteiger partial charge in [-0.15, -0.1) is 0 Å². The molecule has 2 aromatic carbocycles. The monoisotopic (exact) mass is 384 g/mol. The zero-order chi connectivity index (χ0) is 19.8. The van der Waals surface area contributed by atoms with Gasteiger partial charge >= 0.3 is 0 Å². The van der Waals surface area contributed by atoms with Gasteiger partial charge < -0.3 is 10.6 Å². The van der Waals surface area contributed by atoms with Crippen molar-refractivity contribution in [1.29, 1.82) is 0 Å². The number of amides is 2. The Kier molecular flexibility index (Phi) is 7.62. The predicted molar refractivity (Wildman–Crippen MR) is 113 cm³/mol. The van der Waals surface area contributed by atoms with E-state index >= 15 is 0 Å². The molecule has 0 radical (unpaired) electrons. The molecule has 0 heterocycles. The minimum atomic E-state index is -0.290. The Morgan fingerprint density at radius 2 is 1.78 bits per heavy atom. The second-order valence-electron chi connectivity index (χ2n) is 6.64. The molecule has 0 aromatic heterocycles. The molecule has 0 aliphatic heterocycles. The molecule has 2 N–H and O–H groups in total. The van der Waals surface area contributed by atoms with Crippen LogP contribution in [0.15, 0.2) is 48.5 Å². The molecular weight excluding hydrogens is 360 g/mol. The van der Waals surface area contributed by atoms with Crippen molar-refractivity contribution in [2.75, 3.05) is 10.6 Å². The summed E-state index contributed by atoms with van der Waals surface area (Å²) in [4.78, 5) is 23.9. The average molecular weight is 385 g/mol. The predicted octanol–water partition coefficient (Wildman–Crippen LogP) is 5.85. The molecule has 0 aliphatic rings. The van der Waals surface area contributed by atoms with E-state index in [-0.39, 0.29) is 11.8 Å². The van der Waals surface area contributed by atoms with Crippen LogP contribution in [0.25, 0.3) is 6.08 Å². The molecule has 0 bridgehead atoms. The van der Waals surface area contributed by atoms with Gasteiger partial charge in [0.2, 0.25) is 11.8 Å². The zero-order valence-corrected chi connectivity index (χ0v) is 16.6. The van der Waals surface area contributed by atoms with Crippen LogP contribution in [0.1, 0.15) is 50.7 Å². The fourth-order valence-electron chi connectivity index (χ4n) is 2.49. The number of carbonyl (C=O) groups excluding carboxylic acids is 2. The summed E-state index contributed by atoms with van der Waals surface area (Å²) in [7, 11) is 0. The molecule has 2 aromatic rings. The van der Waals surface area contributed by atoms with Gasteiger partial charge in [-0.05, 0) is 47.7 Å². The first-order chi connectivity index (χ1) is 12.9. The lowest BCUT2D eigenvalue weighted by Crippen LogP contribution is -2.12. The van der Waals surface area contributed by atoms with Gasteiger partial charge in [-0.25, -0.2) is 0 Å². The van der Waals surface area contributed by atoms with E-state index in [1.54, 1.807) is 24.3 Å². The first-order valence-electron chi connectivity index (χ1n) is 9.07. The van der Waals surface area contributed by atoms with E-state index in [0.717, 1.165) is 12.0 Å². The summed E-state index contributed by atoms with van der Waals surface area (Å²) in [6, 6.07) is 13.1. The largest absolute Gasteiger partial charge is 0.326 e. The van der Waals surface area contributed by atoms with E-state index in [2.05, 4.69) is 36.6 Å². The highest BCUT2D eigenvalue weighted by Crippen LogP contribution is 2.26. The van der Waals surface area contributed by atoms with Crippen molar-refractivity contribution in [1.82, 2.24) is 0 Å². The summed E-state index contributed by atoms with van der Waals surface area (Å²) in [5, 5.41) is 5.94. The smallest absolute Gasteiger partial charge is 0.248 e. The van der Waals surface area contributed by atoms with Crippen molar-refractivity contribution in [3.05, 3.63) is 64.7 Å². The Hall–Kier alpha value is -2.59. The van der Waals surface area contributed by atoms with Gasteiger partial charge in [0, 0.05) is 18.2 Å². The standard InChI is InChI=1S/C22H25ClN2O2/c1-4-5-21(26)24-18-11-12-19(23)20(14-18)25-22(27)13-8-16-6-9-17(10-7-16)15(2)3/h6-15H,4-5H2,1-3H3,(H,24,26)(H,25,27)/b13-8-. The highest BCUT2D eigenvalue weighted by Gasteiger charge is 2.07. The number of rotatable bonds is 7.